The number of hydrogen-bond acceptors (Lipinski definition) is 3. The van der Waals surface area contributed by atoms with Gasteiger partial charge in [0.1, 0.15) is 0 Å². The van der Waals surface area contributed by atoms with Crippen molar-refractivity contribution in [2.24, 2.45) is 4.99 Å². The molecular weight excluding hydrogens is 302 g/mol. The Bertz CT molecular complexity index is 687. The molecular formula is C12H7BrClN3. The molecule has 0 spiro atoms. The summed E-state index contributed by atoms with van der Waals surface area (Å²) in [5.41, 5.74) is 0. The number of hydrogen-bond donors (Lipinski definition) is 0. The Morgan fingerprint density at radius 3 is 2.59 bits per heavy atom. The summed E-state index contributed by atoms with van der Waals surface area (Å²) in [4.78, 5) is 11.8. The second-order valence-electron chi connectivity index (χ2n) is 3.67. The number of benzene rings is 1. The average Bonchev–Trinajstić information content (AvgIpc) is 2.70. The third kappa shape index (κ3) is 1.77. The molecule has 5 heteroatoms. The third-order valence-corrected chi connectivity index (χ3v) is 3.58. The van der Waals surface area contributed by atoms with E-state index < -0.39 is 5.00 Å². The van der Waals surface area contributed by atoms with Gasteiger partial charge in [0.15, 0.2) is 5.82 Å². The van der Waals surface area contributed by atoms with Crippen molar-refractivity contribution in [2.75, 3.05) is 0 Å². The second-order valence-corrected chi connectivity index (χ2v) is 5.11. The van der Waals surface area contributed by atoms with Gasteiger partial charge in [-0.1, -0.05) is 33.6 Å². The van der Waals surface area contributed by atoms with Gasteiger partial charge in [0, 0.05) is 22.1 Å². The zero-order valence-electron chi connectivity index (χ0n) is 8.64. The monoisotopic (exact) mass is 307 g/mol. The van der Waals surface area contributed by atoms with Crippen LogP contribution in [0.5, 0.6) is 0 Å². The van der Waals surface area contributed by atoms with Crippen LogP contribution in [-0.2, 0) is 5.00 Å². The van der Waals surface area contributed by atoms with Gasteiger partial charge < -0.3 is 0 Å². The normalized spacial score (nSPS) is 21.5. The molecule has 1 atom stereocenters. The summed E-state index contributed by atoms with van der Waals surface area (Å²) in [5, 5.41) is 1.83. The Morgan fingerprint density at radius 1 is 1.12 bits per heavy atom. The number of halogens is 2. The third-order valence-electron chi connectivity index (χ3n) is 2.53. The fraction of sp³-hybridized carbons (Fsp3) is 0.0833. The number of alkyl halides is 1. The molecule has 3 nitrogen and oxygen atoms in total. The lowest BCUT2D eigenvalue weighted by Gasteiger charge is -2.12. The SMILES string of the molecule is ClC1(c2ncccn2)C=c2c(Br)cccc2=N1. The zero-order valence-corrected chi connectivity index (χ0v) is 11.0. The standard InChI is InChI=1S/C12H7BrClN3/c13-9-3-1-4-10-8(9)7-12(14,17-10)11-15-5-2-6-16-11/h1-7H. The van der Waals surface area contributed by atoms with Gasteiger partial charge in [-0.2, -0.15) is 0 Å². The fourth-order valence-electron chi connectivity index (χ4n) is 1.76. The predicted octanol–water partition coefficient (Wildman–Crippen LogP) is 1.74. The van der Waals surface area contributed by atoms with Crippen LogP contribution in [0.2, 0.25) is 0 Å². The highest BCUT2D eigenvalue weighted by Crippen LogP contribution is 2.30. The molecule has 1 aromatic carbocycles. The summed E-state index contributed by atoms with van der Waals surface area (Å²) in [7, 11) is 0. The van der Waals surface area contributed by atoms with Crippen LogP contribution in [0.15, 0.2) is 46.1 Å². The number of rotatable bonds is 1. The summed E-state index contributed by atoms with van der Waals surface area (Å²) in [6.07, 6.45) is 5.19. The number of fused-ring (bicyclic) bond motifs is 1. The van der Waals surface area contributed by atoms with E-state index in [1.165, 1.54) is 0 Å². The smallest absolute Gasteiger partial charge is 0.212 e. The van der Waals surface area contributed by atoms with Gasteiger partial charge in [0.25, 0.3) is 0 Å². The maximum absolute atomic E-state index is 6.47. The molecule has 1 unspecified atom stereocenters. The van der Waals surface area contributed by atoms with Crippen LogP contribution in [0.1, 0.15) is 5.82 Å². The number of nitrogens with zero attached hydrogens (tertiary/aromatic N) is 3. The zero-order chi connectivity index (χ0) is 11.9. The highest BCUT2D eigenvalue weighted by atomic mass is 79.9. The second kappa shape index (κ2) is 3.89. The van der Waals surface area contributed by atoms with Crippen LogP contribution < -0.4 is 10.6 Å². The van der Waals surface area contributed by atoms with Crippen molar-refractivity contribution < 1.29 is 0 Å². The van der Waals surface area contributed by atoms with Crippen LogP contribution in [0.4, 0.5) is 0 Å². The molecule has 1 aliphatic heterocycles. The van der Waals surface area contributed by atoms with Crippen molar-refractivity contribution in [2.45, 2.75) is 5.00 Å². The molecule has 1 aromatic heterocycles. The van der Waals surface area contributed by atoms with Gasteiger partial charge in [-0.15, -0.1) is 0 Å². The van der Waals surface area contributed by atoms with Gasteiger partial charge in [0.05, 0.1) is 5.36 Å². The summed E-state index contributed by atoms with van der Waals surface area (Å²) in [5.74, 6) is 0.491. The van der Waals surface area contributed by atoms with Crippen LogP contribution in [0, 0.1) is 0 Å². The van der Waals surface area contributed by atoms with Crippen LogP contribution in [0.3, 0.4) is 0 Å². The lowest BCUT2D eigenvalue weighted by Crippen LogP contribution is -2.21. The van der Waals surface area contributed by atoms with Crippen molar-refractivity contribution >= 4 is 33.6 Å². The molecule has 2 aromatic rings. The lowest BCUT2D eigenvalue weighted by molar-refractivity contribution is 0.760. The maximum atomic E-state index is 6.47. The van der Waals surface area contributed by atoms with E-state index in [0.717, 1.165) is 15.0 Å². The molecule has 0 amide bonds. The van der Waals surface area contributed by atoms with E-state index >= 15 is 0 Å². The Labute approximate surface area is 111 Å². The fourth-order valence-corrected chi connectivity index (χ4v) is 2.53. The minimum absolute atomic E-state index is 0.491. The van der Waals surface area contributed by atoms with E-state index in [9.17, 15) is 0 Å². The van der Waals surface area contributed by atoms with Crippen LogP contribution in [0.25, 0.3) is 6.08 Å². The van der Waals surface area contributed by atoms with Crippen molar-refractivity contribution in [3.63, 3.8) is 0 Å². The molecule has 84 valence electrons. The Morgan fingerprint density at radius 2 is 1.88 bits per heavy atom. The topological polar surface area (TPSA) is 38.1 Å². The molecule has 0 fully saturated rings. The quantitative estimate of drug-likeness (QED) is 0.594. The Kier molecular flexibility index (Phi) is 2.49. The summed E-state index contributed by atoms with van der Waals surface area (Å²) >= 11 is 9.95. The highest BCUT2D eigenvalue weighted by molar-refractivity contribution is 9.10. The Hall–Kier alpha value is -1.26. The van der Waals surface area contributed by atoms with E-state index in [4.69, 9.17) is 11.6 Å². The number of aromatic nitrogens is 2. The molecule has 0 saturated heterocycles. The molecule has 3 rings (SSSR count). The van der Waals surface area contributed by atoms with Crippen molar-refractivity contribution in [3.05, 3.63) is 57.5 Å². The molecule has 0 bridgehead atoms. The first-order chi connectivity index (χ1) is 8.19. The molecule has 1 aliphatic rings. The molecule has 17 heavy (non-hydrogen) atoms. The van der Waals surface area contributed by atoms with Gasteiger partial charge in [0.2, 0.25) is 5.00 Å². The van der Waals surface area contributed by atoms with E-state index in [2.05, 4.69) is 30.9 Å². The summed E-state index contributed by atoms with van der Waals surface area (Å²) < 4.78 is 0.970. The molecule has 0 radical (unpaired) electrons. The largest absolute Gasteiger partial charge is 0.249 e. The van der Waals surface area contributed by atoms with Crippen molar-refractivity contribution in [1.29, 1.82) is 0 Å². The Balaban J connectivity index is 2.25. The maximum Gasteiger partial charge on any atom is 0.212 e. The minimum Gasteiger partial charge on any atom is -0.249 e. The molecule has 2 heterocycles. The highest BCUT2D eigenvalue weighted by Gasteiger charge is 2.32. The van der Waals surface area contributed by atoms with Crippen molar-refractivity contribution in [1.82, 2.24) is 9.97 Å². The van der Waals surface area contributed by atoms with E-state index in [-0.39, 0.29) is 0 Å². The molecule has 0 aliphatic carbocycles. The first kappa shape index (κ1) is 10.9. The minimum atomic E-state index is -0.993. The van der Waals surface area contributed by atoms with E-state index in [1.807, 2.05) is 24.3 Å². The van der Waals surface area contributed by atoms with E-state index in [1.54, 1.807) is 18.5 Å². The van der Waals surface area contributed by atoms with Gasteiger partial charge in [-0.05, 0) is 24.3 Å². The predicted molar refractivity (Wildman–Crippen MR) is 69.0 cm³/mol. The van der Waals surface area contributed by atoms with E-state index in [0.29, 0.717) is 5.82 Å². The lowest BCUT2D eigenvalue weighted by atomic mass is 10.2. The average molecular weight is 309 g/mol. The summed E-state index contributed by atoms with van der Waals surface area (Å²) in [6.45, 7) is 0. The van der Waals surface area contributed by atoms with Crippen LogP contribution in [-0.4, -0.2) is 9.97 Å². The first-order valence-corrected chi connectivity index (χ1v) is 6.20. The van der Waals surface area contributed by atoms with Gasteiger partial charge >= 0.3 is 0 Å². The molecule has 0 saturated carbocycles. The van der Waals surface area contributed by atoms with Gasteiger partial charge in [-0.3, -0.25) is 0 Å². The van der Waals surface area contributed by atoms with Crippen LogP contribution >= 0.6 is 27.5 Å². The summed E-state index contributed by atoms with van der Waals surface area (Å²) in [6, 6.07) is 7.56. The van der Waals surface area contributed by atoms with Gasteiger partial charge in [-0.25, -0.2) is 15.0 Å². The first-order valence-electron chi connectivity index (χ1n) is 5.03. The molecule has 0 N–H and O–H groups in total. The van der Waals surface area contributed by atoms with Crippen molar-refractivity contribution in [3.8, 4) is 0 Å².